The van der Waals surface area contributed by atoms with Crippen molar-refractivity contribution < 1.29 is 9.47 Å². The van der Waals surface area contributed by atoms with E-state index >= 15 is 0 Å². The molecule has 4 nitrogen and oxygen atoms in total. The summed E-state index contributed by atoms with van der Waals surface area (Å²) in [6.45, 7) is 1.38. The fourth-order valence-corrected chi connectivity index (χ4v) is 2.77. The fraction of sp³-hybridized carbons (Fsp3) is 0.188. The summed E-state index contributed by atoms with van der Waals surface area (Å²) >= 11 is 2.30. The van der Waals surface area contributed by atoms with Crippen molar-refractivity contribution in [2.24, 2.45) is 0 Å². The van der Waals surface area contributed by atoms with E-state index in [-0.39, 0.29) is 0 Å². The molecule has 1 aromatic heterocycles. The van der Waals surface area contributed by atoms with Gasteiger partial charge < -0.3 is 14.5 Å². The summed E-state index contributed by atoms with van der Waals surface area (Å²) < 4.78 is 12.6. The zero-order valence-electron chi connectivity index (χ0n) is 11.2. The number of nitrogens with one attached hydrogen (secondary N) is 1. The van der Waals surface area contributed by atoms with E-state index in [1.54, 1.807) is 0 Å². The van der Waals surface area contributed by atoms with Gasteiger partial charge in [-0.3, -0.25) is 0 Å². The Balaban J connectivity index is 1.81. The van der Waals surface area contributed by atoms with Gasteiger partial charge in [0.1, 0.15) is 5.82 Å². The highest BCUT2D eigenvalue weighted by atomic mass is 127. The molecule has 106 valence electrons. The van der Waals surface area contributed by atoms with Crippen molar-refractivity contribution in [2.75, 3.05) is 13.2 Å². The van der Waals surface area contributed by atoms with E-state index in [1.807, 2.05) is 12.1 Å². The van der Waals surface area contributed by atoms with E-state index < -0.39 is 0 Å². The summed E-state index contributed by atoms with van der Waals surface area (Å²) in [6.07, 6.45) is 0.907. The number of hydrogen-bond donors (Lipinski definition) is 1. The maximum atomic E-state index is 5.71. The van der Waals surface area contributed by atoms with Gasteiger partial charge in [0.2, 0.25) is 0 Å². The number of H-pyrrole nitrogens is 1. The number of imidazole rings is 1. The molecule has 1 N–H and O–H groups in total. The Morgan fingerprint density at radius 1 is 1.00 bits per heavy atom. The number of nitrogens with zero attached hydrogens (tertiary/aromatic N) is 1. The predicted octanol–water partition coefficient (Wildman–Crippen LogP) is 4.00. The lowest BCUT2D eigenvalue weighted by molar-refractivity contribution is 0.297. The summed E-state index contributed by atoms with van der Waals surface area (Å²) in [7, 11) is 0. The molecule has 0 saturated carbocycles. The number of benzene rings is 2. The molecular formula is C16H13IN2O2. The smallest absolute Gasteiger partial charge is 0.163 e. The first-order chi connectivity index (χ1) is 10.3. The zero-order valence-corrected chi connectivity index (χ0v) is 13.4. The van der Waals surface area contributed by atoms with Crippen molar-refractivity contribution in [2.45, 2.75) is 6.42 Å². The Bertz CT molecular complexity index is 753. The van der Waals surface area contributed by atoms with Crippen LogP contribution in [0.3, 0.4) is 0 Å². The molecule has 4 rings (SSSR count). The molecule has 0 spiro atoms. The van der Waals surface area contributed by atoms with Crippen LogP contribution in [0.15, 0.2) is 36.4 Å². The molecule has 0 atom stereocenters. The summed E-state index contributed by atoms with van der Waals surface area (Å²) in [6, 6.07) is 12.2. The monoisotopic (exact) mass is 392 g/mol. The van der Waals surface area contributed by atoms with Crippen molar-refractivity contribution >= 4 is 33.6 Å². The van der Waals surface area contributed by atoms with Gasteiger partial charge in [-0.2, -0.15) is 0 Å². The second kappa shape index (κ2) is 5.22. The number of aromatic nitrogens is 2. The Morgan fingerprint density at radius 3 is 2.48 bits per heavy atom. The lowest BCUT2D eigenvalue weighted by atomic mass is 10.2. The van der Waals surface area contributed by atoms with E-state index in [1.165, 1.54) is 3.57 Å². The van der Waals surface area contributed by atoms with Gasteiger partial charge in [0.05, 0.1) is 24.2 Å². The van der Waals surface area contributed by atoms with Gasteiger partial charge in [-0.25, -0.2) is 4.98 Å². The third kappa shape index (κ3) is 2.46. The van der Waals surface area contributed by atoms with Crippen LogP contribution >= 0.6 is 22.6 Å². The molecule has 3 aromatic rings. The molecule has 0 bridgehead atoms. The number of halogens is 1. The normalized spacial score (nSPS) is 14.1. The molecule has 5 heteroatoms. The van der Waals surface area contributed by atoms with E-state index in [0.717, 1.165) is 40.3 Å². The van der Waals surface area contributed by atoms with Crippen molar-refractivity contribution in [1.82, 2.24) is 9.97 Å². The SMILES string of the molecule is Ic1ccc(-c2nc3cc4c(cc3[nH]2)OCCCO4)cc1. The van der Waals surface area contributed by atoms with Gasteiger partial charge in [-0.05, 0) is 34.7 Å². The standard InChI is InChI=1S/C16H13IN2O2/c17-11-4-2-10(3-5-11)16-18-12-8-14-15(9-13(12)19-16)21-7-1-6-20-14/h2-5,8-9H,1,6-7H2,(H,18,19). The van der Waals surface area contributed by atoms with Gasteiger partial charge in [0.25, 0.3) is 0 Å². The Kier molecular flexibility index (Phi) is 3.21. The average Bonchev–Trinajstić information content (AvgIpc) is 2.76. The second-order valence-corrected chi connectivity index (χ2v) is 6.20. The van der Waals surface area contributed by atoms with Crippen LogP contribution in [0, 0.1) is 3.57 Å². The van der Waals surface area contributed by atoms with Crippen LogP contribution in [-0.2, 0) is 0 Å². The van der Waals surface area contributed by atoms with Crippen LogP contribution in [0.2, 0.25) is 0 Å². The lowest BCUT2D eigenvalue weighted by Gasteiger charge is -2.05. The summed E-state index contributed by atoms with van der Waals surface area (Å²) in [5.74, 6) is 2.43. The van der Waals surface area contributed by atoms with E-state index in [2.05, 4.69) is 56.8 Å². The van der Waals surface area contributed by atoms with E-state index in [9.17, 15) is 0 Å². The number of fused-ring (bicyclic) bond motifs is 2. The van der Waals surface area contributed by atoms with Gasteiger partial charge in [-0.15, -0.1) is 0 Å². The zero-order chi connectivity index (χ0) is 14.2. The molecule has 2 aromatic carbocycles. The Morgan fingerprint density at radius 2 is 1.71 bits per heavy atom. The van der Waals surface area contributed by atoms with Crippen molar-refractivity contribution in [3.8, 4) is 22.9 Å². The molecule has 0 saturated heterocycles. The molecule has 0 fully saturated rings. The van der Waals surface area contributed by atoms with E-state index in [0.29, 0.717) is 13.2 Å². The summed E-state index contributed by atoms with van der Waals surface area (Å²) in [5, 5.41) is 0. The molecule has 0 aliphatic carbocycles. The van der Waals surface area contributed by atoms with Crippen LogP contribution in [0.5, 0.6) is 11.5 Å². The molecule has 0 radical (unpaired) electrons. The maximum absolute atomic E-state index is 5.71. The number of aromatic amines is 1. The quantitative estimate of drug-likeness (QED) is 0.637. The van der Waals surface area contributed by atoms with Gasteiger partial charge >= 0.3 is 0 Å². The molecule has 1 aliphatic heterocycles. The average molecular weight is 392 g/mol. The highest BCUT2D eigenvalue weighted by Crippen LogP contribution is 2.34. The number of hydrogen-bond acceptors (Lipinski definition) is 3. The van der Waals surface area contributed by atoms with Gasteiger partial charge in [0.15, 0.2) is 11.5 Å². The number of ether oxygens (including phenoxy) is 2. The van der Waals surface area contributed by atoms with Gasteiger partial charge in [0, 0.05) is 27.7 Å². The first-order valence-electron chi connectivity index (χ1n) is 6.85. The highest BCUT2D eigenvalue weighted by Gasteiger charge is 2.14. The second-order valence-electron chi connectivity index (χ2n) is 4.96. The van der Waals surface area contributed by atoms with Crippen LogP contribution in [0.25, 0.3) is 22.4 Å². The Hall–Kier alpha value is -1.76. The third-order valence-corrected chi connectivity index (χ3v) is 4.19. The predicted molar refractivity (Wildman–Crippen MR) is 89.9 cm³/mol. The van der Waals surface area contributed by atoms with E-state index in [4.69, 9.17) is 9.47 Å². The largest absolute Gasteiger partial charge is 0.489 e. The number of rotatable bonds is 1. The lowest BCUT2D eigenvalue weighted by Crippen LogP contribution is -1.97. The van der Waals surface area contributed by atoms with Crippen LogP contribution < -0.4 is 9.47 Å². The minimum Gasteiger partial charge on any atom is -0.489 e. The first kappa shape index (κ1) is 12.9. The molecule has 1 aliphatic rings. The Labute approximate surface area is 135 Å². The van der Waals surface area contributed by atoms with Crippen LogP contribution in [-0.4, -0.2) is 23.2 Å². The molecule has 2 heterocycles. The minimum absolute atomic E-state index is 0.687. The third-order valence-electron chi connectivity index (χ3n) is 3.47. The van der Waals surface area contributed by atoms with Crippen LogP contribution in [0.1, 0.15) is 6.42 Å². The highest BCUT2D eigenvalue weighted by molar-refractivity contribution is 14.1. The first-order valence-corrected chi connectivity index (χ1v) is 7.93. The van der Waals surface area contributed by atoms with Crippen molar-refractivity contribution in [3.63, 3.8) is 0 Å². The minimum atomic E-state index is 0.687. The van der Waals surface area contributed by atoms with Gasteiger partial charge in [-0.1, -0.05) is 12.1 Å². The molecular weight excluding hydrogens is 379 g/mol. The van der Waals surface area contributed by atoms with Crippen LogP contribution in [0.4, 0.5) is 0 Å². The maximum Gasteiger partial charge on any atom is 0.163 e. The fourth-order valence-electron chi connectivity index (χ4n) is 2.41. The topological polar surface area (TPSA) is 47.1 Å². The summed E-state index contributed by atoms with van der Waals surface area (Å²) in [4.78, 5) is 8.01. The summed E-state index contributed by atoms with van der Waals surface area (Å²) in [5.41, 5.74) is 2.93. The molecule has 0 amide bonds. The molecule has 0 unspecified atom stereocenters. The van der Waals surface area contributed by atoms with Crippen molar-refractivity contribution in [1.29, 1.82) is 0 Å². The van der Waals surface area contributed by atoms with Crippen molar-refractivity contribution in [3.05, 3.63) is 40.0 Å². The molecule has 21 heavy (non-hydrogen) atoms.